The van der Waals surface area contributed by atoms with E-state index in [0.29, 0.717) is 11.9 Å². The van der Waals surface area contributed by atoms with Gasteiger partial charge in [0.1, 0.15) is 0 Å². The summed E-state index contributed by atoms with van der Waals surface area (Å²) in [7, 11) is 0. The summed E-state index contributed by atoms with van der Waals surface area (Å²) >= 11 is 1.89. The molecule has 0 aromatic heterocycles. The monoisotopic (exact) mass is 206 g/mol. The topological polar surface area (TPSA) is 47.3 Å². The third-order valence-electron chi connectivity index (χ3n) is 1.50. The van der Waals surface area contributed by atoms with Crippen LogP contribution in [-0.2, 0) is 4.74 Å². The summed E-state index contributed by atoms with van der Waals surface area (Å²) in [6.07, 6.45) is 0.278. The molecular formula is C9H22N2OS. The van der Waals surface area contributed by atoms with Crippen LogP contribution < -0.4 is 11.3 Å². The normalized spacial score (nSPS) is 14.1. The van der Waals surface area contributed by atoms with E-state index in [0.717, 1.165) is 5.75 Å². The molecule has 0 heterocycles. The molecular weight excluding hydrogens is 184 g/mol. The van der Waals surface area contributed by atoms with Crippen molar-refractivity contribution in [2.24, 2.45) is 5.84 Å². The minimum absolute atomic E-state index is 0.259. The van der Waals surface area contributed by atoms with E-state index in [1.807, 2.05) is 25.6 Å². The van der Waals surface area contributed by atoms with E-state index in [9.17, 15) is 0 Å². The summed E-state index contributed by atoms with van der Waals surface area (Å²) in [6.45, 7) is 9.11. The van der Waals surface area contributed by atoms with Crippen LogP contribution in [0.15, 0.2) is 0 Å². The zero-order chi connectivity index (χ0) is 10.3. The van der Waals surface area contributed by atoms with Crippen LogP contribution in [0.5, 0.6) is 0 Å². The number of nitrogens with two attached hydrogens (primary N) is 1. The van der Waals surface area contributed by atoms with E-state index in [-0.39, 0.29) is 12.1 Å². The standard InChI is InChI=1S/C9H22N2OS/c1-7(2)12-5-9(11-10)6-13-8(3)4/h7-9,11H,5-6,10H2,1-4H3. The first-order valence-corrected chi connectivity index (χ1v) is 5.80. The van der Waals surface area contributed by atoms with Crippen molar-refractivity contribution in [2.75, 3.05) is 12.4 Å². The van der Waals surface area contributed by atoms with E-state index < -0.39 is 0 Å². The molecule has 0 amide bonds. The largest absolute Gasteiger partial charge is 0.377 e. The zero-order valence-corrected chi connectivity index (χ0v) is 9.86. The molecule has 1 atom stereocenters. The van der Waals surface area contributed by atoms with Gasteiger partial charge in [0, 0.05) is 5.75 Å². The third-order valence-corrected chi connectivity index (χ3v) is 2.76. The van der Waals surface area contributed by atoms with Crippen molar-refractivity contribution < 1.29 is 4.74 Å². The Balaban J connectivity index is 3.51. The number of thioether (sulfide) groups is 1. The highest BCUT2D eigenvalue weighted by molar-refractivity contribution is 7.99. The van der Waals surface area contributed by atoms with Crippen molar-refractivity contribution in [3.63, 3.8) is 0 Å². The molecule has 4 heteroatoms. The Kier molecular flexibility index (Phi) is 7.75. The van der Waals surface area contributed by atoms with E-state index >= 15 is 0 Å². The molecule has 0 radical (unpaired) electrons. The second-order valence-corrected chi connectivity index (χ2v) is 5.24. The lowest BCUT2D eigenvalue weighted by molar-refractivity contribution is 0.0655. The number of hydrogen-bond acceptors (Lipinski definition) is 4. The maximum atomic E-state index is 5.47. The lowest BCUT2D eigenvalue weighted by Gasteiger charge is -2.18. The van der Waals surface area contributed by atoms with Crippen molar-refractivity contribution in [3.8, 4) is 0 Å². The van der Waals surface area contributed by atoms with Crippen LogP contribution in [0.25, 0.3) is 0 Å². The molecule has 0 rings (SSSR count). The van der Waals surface area contributed by atoms with Crippen LogP contribution in [0, 0.1) is 0 Å². The van der Waals surface area contributed by atoms with Gasteiger partial charge in [-0.2, -0.15) is 11.8 Å². The minimum atomic E-state index is 0.259. The molecule has 0 aliphatic rings. The van der Waals surface area contributed by atoms with E-state index in [1.54, 1.807) is 0 Å². The lowest BCUT2D eigenvalue weighted by Crippen LogP contribution is -2.41. The summed E-state index contributed by atoms with van der Waals surface area (Å²) in [5.74, 6) is 6.40. The summed E-state index contributed by atoms with van der Waals surface area (Å²) < 4.78 is 5.47. The number of rotatable bonds is 7. The van der Waals surface area contributed by atoms with Gasteiger partial charge in [0.2, 0.25) is 0 Å². The highest BCUT2D eigenvalue weighted by Gasteiger charge is 2.08. The van der Waals surface area contributed by atoms with Gasteiger partial charge < -0.3 is 4.74 Å². The highest BCUT2D eigenvalue weighted by Crippen LogP contribution is 2.10. The molecule has 3 nitrogen and oxygen atoms in total. The first-order chi connectivity index (χ1) is 6.06. The average Bonchev–Trinajstić information content (AvgIpc) is 2.04. The van der Waals surface area contributed by atoms with Crippen molar-refractivity contribution in [2.45, 2.75) is 45.1 Å². The lowest BCUT2D eigenvalue weighted by atomic mass is 10.4. The first kappa shape index (κ1) is 13.2. The van der Waals surface area contributed by atoms with Gasteiger partial charge in [-0.15, -0.1) is 0 Å². The Hall–Kier alpha value is 0.230. The van der Waals surface area contributed by atoms with Gasteiger partial charge in [-0.05, 0) is 19.1 Å². The Morgan fingerprint density at radius 1 is 1.31 bits per heavy atom. The van der Waals surface area contributed by atoms with Gasteiger partial charge in [0.05, 0.1) is 18.8 Å². The van der Waals surface area contributed by atoms with Crippen LogP contribution in [0.1, 0.15) is 27.7 Å². The van der Waals surface area contributed by atoms with Crippen molar-refractivity contribution in [3.05, 3.63) is 0 Å². The maximum absolute atomic E-state index is 5.47. The third kappa shape index (κ3) is 8.56. The number of nitrogens with one attached hydrogen (secondary N) is 1. The number of hydrogen-bond donors (Lipinski definition) is 2. The van der Waals surface area contributed by atoms with Crippen molar-refractivity contribution >= 4 is 11.8 Å². The van der Waals surface area contributed by atoms with Crippen molar-refractivity contribution in [1.29, 1.82) is 0 Å². The molecule has 0 aliphatic heterocycles. The van der Waals surface area contributed by atoms with Gasteiger partial charge >= 0.3 is 0 Å². The molecule has 0 aromatic carbocycles. The fourth-order valence-electron chi connectivity index (χ4n) is 0.762. The van der Waals surface area contributed by atoms with Gasteiger partial charge in [-0.25, -0.2) is 0 Å². The van der Waals surface area contributed by atoms with Gasteiger partial charge in [0.25, 0.3) is 0 Å². The quantitative estimate of drug-likeness (QED) is 0.488. The molecule has 0 fully saturated rings. The number of ether oxygens (including phenoxy) is 1. The molecule has 0 spiro atoms. The Morgan fingerprint density at radius 2 is 1.92 bits per heavy atom. The highest BCUT2D eigenvalue weighted by atomic mass is 32.2. The molecule has 13 heavy (non-hydrogen) atoms. The Morgan fingerprint density at radius 3 is 2.31 bits per heavy atom. The second-order valence-electron chi connectivity index (χ2n) is 3.63. The molecule has 80 valence electrons. The predicted octanol–water partition coefficient (Wildman–Crippen LogP) is 1.38. The predicted molar refractivity (Wildman–Crippen MR) is 59.8 cm³/mol. The van der Waals surface area contributed by atoms with Crippen molar-refractivity contribution in [1.82, 2.24) is 5.43 Å². The maximum Gasteiger partial charge on any atom is 0.0644 e. The molecule has 0 saturated carbocycles. The van der Waals surface area contributed by atoms with Gasteiger partial charge in [-0.1, -0.05) is 13.8 Å². The van der Waals surface area contributed by atoms with E-state index in [1.165, 1.54) is 0 Å². The molecule has 0 aliphatic carbocycles. The first-order valence-electron chi connectivity index (χ1n) is 4.75. The van der Waals surface area contributed by atoms with Crippen LogP contribution in [-0.4, -0.2) is 29.8 Å². The fraction of sp³-hybridized carbons (Fsp3) is 1.00. The molecule has 0 bridgehead atoms. The Labute approximate surface area is 85.8 Å². The Bertz CT molecular complexity index is 108. The SMILES string of the molecule is CC(C)OCC(CSC(C)C)NN. The van der Waals surface area contributed by atoms with Crippen LogP contribution in [0.3, 0.4) is 0 Å². The van der Waals surface area contributed by atoms with E-state index in [2.05, 4.69) is 19.3 Å². The summed E-state index contributed by atoms with van der Waals surface area (Å²) in [4.78, 5) is 0. The van der Waals surface area contributed by atoms with Gasteiger partial charge in [0.15, 0.2) is 0 Å². The molecule has 3 N–H and O–H groups in total. The summed E-state index contributed by atoms with van der Waals surface area (Å²) in [5, 5.41) is 0.648. The van der Waals surface area contributed by atoms with E-state index in [4.69, 9.17) is 10.6 Å². The number of hydrazine groups is 1. The van der Waals surface area contributed by atoms with Crippen LogP contribution in [0.4, 0.5) is 0 Å². The van der Waals surface area contributed by atoms with Gasteiger partial charge in [-0.3, -0.25) is 11.3 Å². The molecule has 1 unspecified atom stereocenters. The minimum Gasteiger partial charge on any atom is -0.377 e. The average molecular weight is 206 g/mol. The fourth-order valence-corrected chi connectivity index (χ4v) is 1.57. The summed E-state index contributed by atoms with van der Waals surface area (Å²) in [6, 6.07) is 0.259. The molecule has 0 aromatic rings. The smallest absolute Gasteiger partial charge is 0.0644 e. The zero-order valence-electron chi connectivity index (χ0n) is 9.04. The van der Waals surface area contributed by atoms with Crippen LogP contribution in [0.2, 0.25) is 0 Å². The van der Waals surface area contributed by atoms with Crippen LogP contribution >= 0.6 is 11.8 Å². The molecule has 0 saturated heterocycles. The second kappa shape index (κ2) is 7.62. The summed E-state index contributed by atoms with van der Waals surface area (Å²) in [5.41, 5.74) is 2.77.